The molecule has 0 aliphatic heterocycles. The van der Waals surface area contributed by atoms with E-state index in [1.807, 2.05) is 6.92 Å². The number of rotatable bonds is 6. The number of aliphatic carboxylic acids is 2. The van der Waals surface area contributed by atoms with E-state index in [-0.39, 0.29) is 19.6 Å². The van der Waals surface area contributed by atoms with Gasteiger partial charge in [0.25, 0.3) is 0 Å². The van der Waals surface area contributed by atoms with Gasteiger partial charge in [0.15, 0.2) is 0 Å². The number of carboxylic acids is 2. The molecule has 0 aromatic carbocycles. The highest BCUT2D eigenvalue weighted by Gasteiger charge is 2.14. The second-order valence-corrected chi connectivity index (χ2v) is 4.35. The third-order valence-electron chi connectivity index (χ3n) is 1.77. The standard InChI is InChI=1S/C9H12N2O4S/c1-6-10-7(5-16-6)2-11(3-8(12)13)4-9(14)15/h5H,2-4H2,1H3,(H,12,13)(H,14,15). The normalized spacial score (nSPS) is 10.6. The van der Waals surface area contributed by atoms with E-state index in [9.17, 15) is 9.59 Å². The lowest BCUT2D eigenvalue weighted by atomic mass is 10.4. The third-order valence-corrected chi connectivity index (χ3v) is 2.59. The lowest BCUT2D eigenvalue weighted by Gasteiger charge is -2.16. The molecule has 1 aromatic rings. The van der Waals surface area contributed by atoms with Crippen molar-refractivity contribution >= 4 is 23.3 Å². The topological polar surface area (TPSA) is 90.7 Å². The Morgan fingerprint density at radius 3 is 2.31 bits per heavy atom. The number of thiazole rings is 1. The second-order valence-electron chi connectivity index (χ2n) is 3.29. The largest absolute Gasteiger partial charge is 0.480 e. The summed E-state index contributed by atoms with van der Waals surface area (Å²) in [5.41, 5.74) is 0.699. The SMILES string of the molecule is Cc1nc(CN(CC(=O)O)CC(=O)O)cs1. The average molecular weight is 244 g/mol. The fourth-order valence-electron chi connectivity index (χ4n) is 1.26. The van der Waals surface area contributed by atoms with Crippen LogP contribution in [-0.2, 0) is 16.1 Å². The molecule has 7 heteroatoms. The van der Waals surface area contributed by atoms with E-state index in [1.165, 1.54) is 16.2 Å². The number of hydrogen-bond acceptors (Lipinski definition) is 5. The minimum atomic E-state index is -1.05. The highest BCUT2D eigenvalue weighted by Crippen LogP contribution is 2.10. The van der Waals surface area contributed by atoms with Crippen molar-refractivity contribution in [3.63, 3.8) is 0 Å². The van der Waals surface area contributed by atoms with Gasteiger partial charge < -0.3 is 10.2 Å². The monoisotopic (exact) mass is 244 g/mol. The van der Waals surface area contributed by atoms with Gasteiger partial charge in [-0.2, -0.15) is 0 Å². The van der Waals surface area contributed by atoms with Gasteiger partial charge in [0.2, 0.25) is 0 Å². The van der Waals surface area contributed by atoms with Crippen LogP contribution in [0.15, 0.2) is 5.38 Å². The van der Waals surface area contributed by atoms with Crippen LogP contribution in [0.5, 0.6) is 0 Å². The number of nitrogens with zero attached hydrogens (tertiary/aromatic N) is 2. The fraction of sp³-hybridized carbons (Fsp3) is 0.444. The Hall–Kier alpha value is -1.47. The molecule has 0 aliphatic carbocycles. The molecule has 0 spiro atoms. The van der Waals surface area contributed by atoms with Gasteiger partial charge in [-0.25, -0.2) is 4.98 Å². The number of aromatic nitrogens is 1. The van der Waals surface area contributed by atoms with Crippen LogP contribution in [0.2, 0.25) is 0 Å². The Morgan fingerprint density at radius 1 is 1.38 bits per heavy atom. The van der Waals surface area contributed by atoms with Crippen LogP contribution in [0.25, 0.3) is 0 Å². The first-order valence-electron chi connectivity index (χ1n) is 4.54. The molecule has 88 valence electrons. The van der Waals surface area contributed by atoms with E-state index < -0.39 is 11.9 Å². The molecule has 0 aliphatic rings. The highest BCUT2D eigenvalue weighted by molar-refractivity contribution is 7.09. The van der Waals surface area contributed by atoms with Crippen molar-refractivity contribution in [1.29, 1.82) is 0 Å². The van der Waals surface area contributed by atoms with Crippen LogP contribution in [-0.4, -0.2) is 45.1 Å². The fourth-order valence-corrected chi connectivity index (χ4v) is 1.86. The van der Waals surface area contributed by atoms with Gasteiger partial charge in [0.05, 0.1) is 23.8 Å². The summed E-state index contributed by atoms with van der Waals surface area (Å²) in [6.45, 7) is 1.47. The molecule has 0 atom stereocenters. The molecule has 0 unspecified atom stereocenters. The molecule has 1 heterocycles. The van der Waals surface area contributed by atoms with Crippen molar-refractivity contribution in [3.8, 4) is 0 Å². The van der Waals surface area contributed by atoms with Crippen molar-refractivity contribution in [2.75, 3.05) is 13.1 Å². The van der Waals surface area contributed by atoms with Crippen molar-refractivity contribution in [2.45, 2.75) is 13.5 Å². The summed E-state index contributed by atoms with van der Waals surface area (Å²) in [5, 5.41) is 19.9. The zero-order valence-corrected chi connectivity index (χ0v) is 9.53. The predicted molar refractivity (Wildman–Crippen MR) is 57.4 cm³/mol. The summed E-state index contributed by atoms with van der Waals surface area (Å²) >= 11 is 1.45. The van der Waals surface area contributed by atoms with Gasteiger partial charge in [0, 0.05) is 11.9 Å². The molecular formula is C9H12N2O4S. The van der Waals surface area contributed by atoms with Gasteiger partial charge in [-0.3, -0.25) is 14.5 Å². The van der Waals surface area contributed by atoms with Crippen LogP contribution in [0.1, 0.15) is 10.7 Å². The first-order chi connectivity index (χ1) is 7.47. The lowest BCUT2D eigenvalue weighted by molar-refractivity contribution is -0.142. The van der Waals surface area contributed by atoms with Crippen LogP contribution >= 0.6 is 11.3 Å². The van der Waals surface area contributed by atoms with Crippen molar-refractivity contribution in [1.82, 2.24) is 9.88 Å². The summed E-state index contributed by atoms with van der Waals surface area (Å²) in [6.07, 6.45) is 0. The number of hydrogen-bond donors (Lipinski definition) is 2. The van der Waals surface area contributed by atoms with Gasteiger partial charge >= 0.3 is 11.9 Å². The third kappa shape index (κ3) is 4.37. The first kappa shape index (κ1) is 12.6. The van der Waals surface area contributed by atoms with E-state index in [0.29, 0.717) is 5.69 Å². The van der Waals surface area contributed by atoms with Gasteiger partial charge in [-0.05, 0) is 6.92 Å². The van der Waals surface area contributed by atoms with Gasteiger partial charge in [0.1, 0.15) is 0 Å². The van der Waals surface area contributed by atoms with E-state index in [0.717, 1.165) is 5.01 Å². The van der Waals surface area contributed by atoms with Crippen molar-refractivity contribution in [3.05, 3.63) is 16.1 Å². The van der Waals surface area contributed by atoms with E-state index >= 15 is 0 Å². The summed E-state index contributed by atoms with van der Waals surface area (Å²) < 4.78 is 0. The molecular weight excluding hydrogens is 232 g/mol. The molecule has 0 saturated heterocycles. The van der Waals surface area contributed by atoms with Crippen molar-refractivity contribution in [2.24, 2.45) is 0 Å². The van der Waals surface area contributed by atoms with Crippen molar-refractivity contribution < 1.29 is 19.8 Å². The lowest BCUT2D eigenvalue weighted by Crippen LogP contribution is -2.34. The van der Waals surface area contributed by atoms with Crippen LogP contribution in [0.3, 0.4) is 0 Å². The summed E-state index contributed by atoms with van der Waals surface area (Å²) in [5.74, 6) is -2.10. The smallest absolute Gasteiger partial charge is 0.317 e. The maximum atomic E-state index is 10.5. The molecule has 0 amide bonds. The van der Waals surface area contributed by atoms with Gasteiger partial charge in [-0.1, -0.05) is 0 Å². The minimum Gasteiger partial charge on any atom is -0.480 e. The number of aryl methyl sites for hydroxylation is 1. The van der Waals surface area contributed by atoms with Crippen LogP contribution in [0.4, 0.5) is 0 Å². The molecule has 0 radical (unpaired) electrons. The Bertz CT molecular complexity index is 375. The Labute approximate surface area is 96.2 Å². The highest BCUT2D eigenvalue weighted by atomic mass is 32.1. The molecule has 16 heavy (non-hydrogen) atoms. The van der Waals surface area contributed by atoms with Crippen LogP contribution < -0.4 is 0 Å². The minimum absolute atomic E-state index is 0.239. The summed E-state index contributed by atoms with van der Waals surface area (Å²) in [7, 11) is 0. The molecule has 6 nitrogen and oxygen atoms in total. The average Bonchev–Trinajstić information content (AvgIpc) is 2.48. The summed E-state index contributed by atoms with van der Waals surface area (Å²) in [4.78, 5) is 26.5. The summed E-state index contributed by atoms with van der Waals surface area (Å²) in [6, 6.07) is 0. The zero-order chi connectivity index (χ0) is 12.1. The Kier molecular flexibility index (Phi) is 4.39. The zero-order valence-electron chi connectivity index (χ0n) is 8.71. The second kappa shape index (κ2) is 5.57. The molecule has 0 saturated carbocycles. The molecule has 1 aromatic heterocycles. The maximum Gasteiger partial charge on any atom is 0.317 e. The predicted octanol–water partition coefficient (Wildman–Crippen LogP) is 0.423. The molecule has 1 rings (SSSR count). The first-order valence-corrected chi connectivity index (χ1v) is 5.42. The molecule has 0 fully saturated rings. The van der Waals surface area contributed by atoms with Gasteiger partial charge in [-0.15, -0.1) is 11.3 Å². The quantitative estimate of drug-likeness (QED) is 0.753. The van der Waals surface area contributed by atoms with E-state index in [1.54, 1.807) is 5.38 Å². The van der Waals surface area contributed by atoms with Crippen LogP contribution in [0, 0.1) is 6.92 Å². The van der Waals surface area contributed by atoms with E-state index in [2.05, 4.69) is 4.98 Å². The Balaban J connectivity index is 2.62. The molecule has 0 bridgehead atoms. The maximum absolute atomic E-state index is 10.5. The molecule has 2 N–H and O–H groups in total. The Morgan fingerprint density at radius 2 is 1.94 bits per heavy atom. The number of carbonyl (C=O) groups is 2. The number of carboxylic acid groups (broad SMARTS) is 2. The van der Waals surface area contributed by atoms with E-state index in [4.69, 9.17) is 10.2 Å².